The van der Waals surface area contributed by atoms with Gasteiger partial charge in [0.15, 0.2) is 11.6 Å². The molecule has 1 aromatic carbocycles. The number of carbonyl (C=O) groups excluding carboxylic acids is 1. The standard InChI is InChI=1S/C21H26F2N4O2/c1-4-26(3)20-19(14(2)11-18(25-20)27-7-9-29-10-8-27)21(28)24-13-15-5-6-16(22)17(23)12-15/h5-6,11-12H,4,7-10,13H2,1-3H3,(H,24,28). The summed E-state index contributed by atoms with van der Waals surface area (Å²) >= 11 is 0. The molecule has 0 aliphatic carbocycles. The SMILES string of the molecule is CCN(C)c1nc(N2CCOCC2)cc(C)c1C(=O)NCc1ccc(F)c(F)c1. The molecule has 156 valence electrons. The topological polar surface area (TPSA) is 57.7 Å². The van der Waals surface area contributed by atoms with E-state index in [-0.39, 0.29) is 12.5 Å². The van der Waals surface area contributed by atoms with Gasteiger partial charge in [0.1, 0.15) is 11.6 Å². The lowest BCUT2D eigenvalue weighted by Crippen LogP contribution is -2.37. The summed E-state index contributed by atoms with van der Waals surface area (Å²) in [5.41, 5.74) is 1.77. The van der Waals surface area contributed by atoms with Gasteiger partial charge in [-0.2, -0.15) is 0 Å². The maximum absolute atomic E-state index is 13.4. The second-order valence-corrected chi connectivity index (χ2v) is 7.04. The zero-order valence-corrected chi connectivity index (χ0v) is 17.0. The second kappa shape index (κ2) is 9.17. The summed E-state index contributed by atoms with van der Waals surface area (Å²) in [5.74, 6) is -0.736. The van der Waals surface area contributed by atoms with E-state index in [1.165, 1.54) is 6.07 Å². The van der Waals surface area contributed by atoms with Gasteiger partial charge in [-0.05, 0) is 43.2 Å². The minimum Gasteiger partial charge on any atom is -0.378 e. The van der Waals surface area contributed by atoms with Crippen LogP contribution in [0.15, 0.2) is 24.3 Å². The Hall–Kier alpha value is -2.74. The summed E-state index contributed by atoms with van der Waals surface area (Å²) in [4.78, 5) is 21.8. The van der Waals surface area contributed by atoms with Gasteiger partial charge < -0.3 is 19.9 Å². The molecule has 2 heterocycles. The molecule has 1 fully saturated rings. The van der Waals surface area contributed by atoms with Crippen molar-refractivity contribution in [1.29, 1.82) is 0 Å². The first-order chi connectivity index (χ1) is 13.9. The molecule has 0 saturated carbocycles. The number of benzene rings is 1. The summed E-state index contributed by atoms with van der Waals surface area (Å²) < 4.78 is 31.9. The molecular formula is C21H26F2N4O2. The van der Waals surface area contributed by atoms with Crippen molar-refractivity contribution in [3.8, 4) is 0 Å². The fraction of sp³-hybridized carbons (Fsp3) is 0.429. The third kappa shape index (κ3) is 4.82. The molecule has 0 atom stereocenters. The van der Waals surface area contributed by atoms with Gasteiger partial charge in [0.05, 0.1) is 18.8 Å². The molecule has 1 amide bonds. The Morgan fingerprint density at radius 3 is 2.62 bits per heavy atom. The Bertz CT molecular complexity index is 885. The summed E-state index contributed by atoms with van der Waals surface area (Å²) in [5, 5.41) is 2.79. The summed E-state index contributed by atoms with van der Waals surface area (Å²) in [6, 6.07) is 5.49. The zero-order chi connectivity index (χ0) is 21.0. The number of nitrogens with zero attached hydrogens (tertiary/aromatic N) is 3. The van der Waals surface area contributed by atoms with Gasteiger partial charge in [-0.25, -0.2) is 13.8 Å². The molecule has 1 aliphatic rings. The van der Waals surface area contributed by atoms with E-state index in [1.54, 1.807) is 0 Å². The molecule has 0 radical (unpaired) electrons. The van der Waals surface area contributed by atoms with Crippen LogP contribution in [0.5, 0.6) is 0 Å². The Balaban J connectivity index is 1.85. The van der Waals surface area contributed by atoms with Crippen LogP contribution in [0.3, 0.4) is 0 Å². The smallest absolute Gasteiger partial charge is 0.255 e. The quantitative estimate of drug-likeness (QED) is 0.802. The Labute approximate surface area is 169 Å². The van der Waals surface area contributed by atoms with E-state index in [2.05, 4.69) is 10.2 Å². The van der Waals surface area contributed by atoms with E-state index in [0.717, 1.165) is 36.6 Å². The predicted molar refractivity (Wildman–Crippen MR) is 108 cm³/mol. The average molecular weight is 404 g/mol. The van der Waals surface area contributed by atoms with Gasteiger partial charge in [0.25, 0.3) is 5.91 Å². The fourth-order valence-electron chi connectivity index (χ4n) is 3.22. The van der Waals surface area contributed by atoms with Crippen molar-refractivity contribution >= 4 is 17.5 Å². The normalized spacial score (nSPS) is 14.0. The monoisotopic (exact) mass is 404 g/mol. The maximum Gasteiger partial charge on any atom is 0.255 e. The van der Waals surface area contributed by atoms with Crippen LogP contribution in [0.25, 0.3) is 0 Å². The van der Waals surface area contributed by atoms with Gasteiger partial charge in [-0.1, -0.05) is 6.07 Å². The number of halogens is 2. The third-order valence-electron chi connectivity index (χ3n) is 5.02. The van der Waals surface area contributed by atoms with Crippen LogP contribution in [-0.4, -0.2) is 50.8 Å². The summed E-state index contributed by atoms with van der Waals surface area (Å²) in [6.45, 7) is 7.45. The van der Waals surface area contributed by atoms with E-state index in [0.29, 0.717) is 36.7 Å². The number of hydrogen-bond acceptors (Lipinski definition) is 5. The molecule has 0 unspecified atom stereocenters. The van der Waals surface area contributed by atoms with Gasteiger partial charge in [-0.15, -0.1) is 0 Å². The van der Waals surface area contributed by atoms with Crippen LogP contribution in [0.4, 0.5) is 20.4 Å². The number of amides is 1. The lowest BCUT2D eigenvalue weighted by atomic mass is 10.1. The molecule has 1 saturated heterocycles. The highest BCUT2D eigenvalue weighted by Gasteiger charge is 2.22. The van der Waals surface area contributed by atoms with Crippen molar-refractivity contribution in [2.24, 2.45) is 0 Å². The Kier molecular flexibility index (Phi) is 6.64. The number of anilines is 2. The highest BCUT2D eigenvalue weighted by Crippen LogP contribution is 2.26. The van der Waals surface area contributed by atoms with Gasteiger partial charge >= 0.3 is 0 Å². The lowest BCUT2D eigenvalue weighted by Gasteiger charge is -2.30. The molecule has 0 spiro atoms. The molecule has 29 heavy (non-hydrogen) atoms. The lowest BCUT2D eigenvalue weighted by molar-refractivity contribution is 0.0950. The van der Waals surface area contributed by atoms with E-state index in [4.69, 9.17) is 9.72 Å². The van der Waals surface area contributed by atoms with Crippen molar-refractivity contribution < 1.29 is 18.3 Å². The molecule has 1 N–H and O–H groups in total. The first-order valence-electron chi connectivity index (χ1n) is 9.68. The average Bonchev–Trinajstić information content (AvgIpc) is 2.73. The van der Waals surface area contributed by atoms with Crippen LogP contribution in [0.2, 0.25) is 0 Å². The van der Waals surface area contributed by atoms with Gasteiger partial charge in [0, 0.05) is 33.2 Å². The maximum atomic E-state index is 13.4. The number of aromatic nitrogens is 1. The van der Waals surface area contributed by atoms with Crippen molar-refractivity contribution in [2.75, 3.05) is 49.7 Å². The molecule has 1 aliphatic heterocycles. The van der Waals surface area contributed by atoms with Gasteiger partial charge in [0.2, 0.25) is 0 Å². The highest BCUT2D eigenvalue weighted by atomic mass is 19.2. The van der Waals surface area contributed by atoms with Crippen LogP contribution in [-0.2, 0) is 11.3 Å². The predicted octanol–water partition coefficient (Wildman–Crippen LogP) is 2.89. The largest absolute Gasteiger partial charge is 0.378 e. The summed E-state index contributed by atoms with van der Waals surface area (Å²) in [6.07, 6.45) is 0. The highest BCUT2D eigenvalue weighted by molar-refractivity contribution is 6.00. The van der Waals surface area contributed by atoms with Crippen LogP contribution in [0.1, 0.15) is 28.4 Å². The van der Waals surface area contributed by atoms with Crippen LogP contribution in [0, 0.1) is 18.6 Å². The number of carbonyl (C=O) groups is 1. The molecule has 2 aromatic rings. The van der Waals surface area contributed by atoms with E-state index in [9.17, 15) is 13.6 Å². The molecule has 8 heteroatoms. The van der Waals surface area contributed by atoms with Crippen molar-refractivity contribution in [3.05, 3.63) is 52.6 Å². The first kappa shape index (κ1) is 21.0. The number of nitrogens with one attached hydrogen (secondary N) is 1. The minimum atomic E-state index is -0.934. The van der Waals surface area contributed by atoms with Crippen LogP contribution < -0.4 is 15.1 Å². The number of rotatable bonds is 6. The molecular weight excluding hydrogens is 378 g/mol. The van der Waals surface area contributed by atoms with Gasteiger partial charge in [-0.3, -0.25) is 4.79 Å². The Morgan fingerprint density at radius 2 is 1.97 bits per heavy atom. The Morgan fingerprint density at radius 1 is 1.24 bits per heavy atom. The van der Waals surface area contributed by atoms with Crippen molar-refractivity contribution in [3.63, 3.8) is 0 Å². The third-order valence-corrected chi connectivity index (χ3v) is 5.02. The van der Waals surface area contributed by atoms with Crippen molar-refractivity contribution in [1.82, 2.24) is 10.3 Å². The first-order valence-corrected chi connectivity index (χ1v) is 9.68. The van der Waals surface area contributed by atoms with Crippen LogP contribution >= 0.6 is 0 Å². The number of aryl methyl sites for hydroxylation is 1. The second-order valence-electron chi connectivity index (χ2n) is 7.04. The number of hydrogen-bond donors (Lipinski definition) is 1. The fourth-order valence-corrected chi connectivity index (χ4v) is 3.22. The summed E-state index contributed by atoms with van der Waals surface area (Å²) in [7, 11) is 1.89. The van der Waals surface area contributed by atoms with E-state index >= 15 is 0 Å². The van der Waals surface area contributed by atoms with E-state index < -0.39 is 11.6 Å². The zero-order valence-electron chi connectivity index (χ0n) is 17.0. The number of morpholine rings is 1. The molecule has 6 nitrogen and oxygen atoms in total. The molecule has 1 aromatic heterocycles. The minimum absolute atomic E-state index is 0.0932. The molecule has 0 bridgehead atoms. The molecule has 3 rings (SSSR count). The number of pyridine rings is 1. The van der Waals surface area contributed by atoms with Crippen molar-refractivity contribution in [2.45, 2.75) is 20.4 Å². The van der Waals surface area contributed by atoms with E-state index in [1.807, 2.05) is 31.9 Å². The number of ether oxygens (including phenoxy) is 1.